The van der Waals surface area contributed by atoms with Crippen molar-refractivity contribution in [2.45, 2.75) is 39.5 Å². The molecule has 0 fully saturated rings. The second kappa shape index (κ2) is 4.89. The lowest BCUT2D eigenvalue weighted by atomic mass is 10.0. The van der Waals surface area contributed by atoms with Gasteiger partial charge < -0.3 is 10.1 Å². The fourth-order valence-corrected chi connectivity index (χ4v) is 2.11. The van der Waals surface area contributed by atoms with Crippen LogP contribution in [0.15, 0.2) is 4.79 Å². The maximum atomic E-state index is 12.3. The van der Waals surface area contributed by atoms with Gasteiger partial charge in [0.2, 0.25) is 5.78 Å². The Labute approximate surface area is 105 Å². The van der Waals surface area contributed by atoms with Crippen molar-refractivity contribution in [3.8, 4) is 0 Å². The normalized spacial score (nSPS) is 11.6. The third-order valence-corrected chi connectivity index (χ3v) is 2.91. The lowest BCUT2D eigenvalue weighted by Crippen LogP contribution is -2.22. The maximum Gasteiger partial charge on any atom is 0.279 e. The number of hydrogen-bond donors (Lipinski definition) is 2. The third-order valence-electron chi connectivity index (χ3n) is 2.91. The van der Waals surface area contributed by atoms with E-state index in [0.29, 0.717) is 24.4 Å². The van der Waals surface area contributed by atoms with Gasteiger partial charge >= 0.3 is 0 Å². The van der Waals surface area contributed by atoms with E-state index in [1.165, 1.54) is 4.52 Å². The van der Waals surface area contributed by atoms with Crippen LogP contribution in [0.2, 0.25) is 0 Å². The van der Waals surface area contributed by atoms with Crippen LogP contribution in [0.4, 0.5) is 0 Å². The van der Waals surface area contributed by atoms with E-state index in [1.54, 1.807) is 0 Å². The van der Waals surface area contributed by atoms with Gasteiger partial charge in [-0.15, -0.1) is 5.10 Å². The van der Waals surface area contributed by atoms with E-state index < -0.39 is 0 Å². The van der Waals surface area contributed by atoms with Crippen molar-refractivity contribution in [3.63, 3.8) is 0 Å². The Morgan fingerprint density at radius 3 is 2.78 bits per heavy atom. The minimum absolute atomic E-state index is 0.0970. The number of nitrogens with one attached hydrogen (secondary N) is 1. The SMILES string of the molecule is Cc1[nH]c2nc(CCCO)nn2c(=O)c1C(C)C. The van der Waals surface area contributed by atoms with Gasteiger partial charge in [-0.25, -0.2) is 0 Å². The highest BCUT2D eigenvalue weighted by molar-refractivity contribution is 5.33. The van der Waals surface area contributed by atoms with Crippen molar-refractivity contribution in [2.24, 2.45) is 0 Å². The Morgan fingerprint density at radius 1 is 1.44 bits per heavy atom. The average molecular weight is 250 g/mol. The molecular weight excluding hydrogens is 232 g/mol. The van der Waals surface area contributed by atoms with Crippen molar-refractivity contribution >= 4 is 5.78 Å². The van der Waals surface area contributed by atoms with Gasteiger partial charge in [-0.1, -0.05) is 13.8 Å². The Balaban J connectivity index is 2.56. The first kappa shape index (κ1) is 12.8. The lowest BCUT2D eigenvalue weighted by Gasteiger charge is -2.07. The largest absolute Gasteiger partial charge is 0.396 e. The molecule has 6 nitrogen and oxygen atoms in total. The number of aryl methyl sites for hydroxylation is 2. The Kier molecular flexibility index (Phi) is 3.47. The van der Waals surface area contributed by atoms with Crippen molar-refractivity contribution in [1.29, 1.82) is 0 Å². The first-order valence-corrected chi connectivity index (χ1v) is 6.14. The van der Waals surface area contributed by atoms with E-state index >= 15 is 0 Å². The minimum Gasteiger partial charge on any atom is -0.396 e. The molecule has 0 aromatic carbocycles. The molecule has 0 unspecified atom stereocenters. The number of rotatable bonds is 4. The second-order valence-corrected chi connectivity index (χ2v) is 4.71. The zero-order valence-electron chi connectivity index (χ0n) is 10.9. The molecule has 0 aliphatic rings. The van der Waals surface area contributed by atoms with Gasteiger partial charge in [-0.2, -0.15) is 9.50 Å². The molecule has 18 heavy (non-hydrogen) atoms. The Morgan fingerprint density at radius 2 is 2.17 bits per heavy atom. The van der Waals surface area contributed by atoms with E-state index in [1.807, 2.05) is 20.8 Å². The van der Waals surface area contributed by atoms with Gasteiger partial charge in [0.25, 0.3) is 5.56 Å². The fraction of sp³-hybridized carbons (Fsp3) is 0.583. The zero-order valence-corrected chi connectivity index (χ0v) is 10.9. The predicted octanol–water partition coefficient (Wildman–Crippen LogP) is 0.774. The summed E-state index contributed by atoms with van der Waals surface area (Å²) in [6, 6.07) is 0. The molecule has 0 amide bonds. The van der Waals surface area contributed by atoms with Gasteiger partial charge in [0, 0.05) is 24.3 Å². The summed E-state index contributed by atoms with van der Waals surface area (Å²) >= 11 is 0. The molecule has 0 aliphatic carbocycles. The number of H-pyrrole nitrogens is 1. The smallest absolute Gasteiger partial charge is 0.279 e. The summed E-state index contributed by atoms with van der Waals surface area (Å²) in [5, 5.41) is 13.0. The molecule has 0 radical (unpaired) electrons. The van der Waals surface area contributed by atoms with Crippen LogP contribution in [0.5, 0.6) is 0 Å². The molecule has 2 rings (SSSR count). The van der Waals surface area contributed by atoms with Crippen molar-refractivity contribution in [1.82, 2.24) is 19.6 Å². The number of fused-ring (bicyclic) bond motifs is 1. The summed E-state index contributed by atoms with van der Waals surface area (Å²) in [7, 11) is 0. The molecule has 2 heterocycles. The van der Waals surface area contributed by atoms with Crippen molar-refractivity contribution in [2.75, 3.05) is 6.61 Å². The van der Waals surface area contributed by atoms with Crippen molar-refractivity contribution in [3.05, 3.63) is 27.4 Å². The van der Waals surface area contributed by atoms with Gasteiger partial charge in [0.15, 0.2) is 5.82 Å². The third kappa shape index (κ3) is 2.15. The molecule has 0 bridgehead atoms. The summed E-state index contributed by atoms with van der Waals surface area (Å²) in [6.45, 7) is 5.93. The van der Waals surface area contributed by atoms with Crippen LogP contribution < -0.4 is 5.56 Å². The number of hydrogen-bond acceptors (Lipinski definition) is 4. The molecular formula is C12H18N4O2. The monoisotopic (exact) mass is 250 g/mol. The van der Waals surface area contributed by atoms with Crippen LogP contribution >= 0.6 is 0 Å². The molecule has 2 aromatic rings. The number of aliphatic hydroxyl groups is 1. The van der Waals surface area contributed by atoms with Gasteiger partial charge in [0.05, 0.1) is 0 Å². The summed E-state index contributed by atoms with van der Waals surface area (Å²) < 4.78 is 1.31. The molecule has 98 valence electrons. The number of aromatic nitrogens is 4. The summed E-state index contributed by atoms with van der Waals surface area (Å²) in [5.74, 6) is 1.19. The van der Waals surface area contributed by atoms with Crippen LogP contribution in [-0.2, 0) is 6.42 Å². The molecule has 0 saturated heterocycles. The number of nitrogens with zero attached hydrogens (tertiary/aromatic N) is 3. The Hall–Kier alpha value is -1.69. The van der Waals surface area contributed by atoms with Crippen LogP contribution in [0.25, 0.3) is 5.78 Å². The molecule has 2 aromatic heterocycles. The van der Waals surface area contributed by atoms with E-state index in [0.717, 1.165) is 11.3 Å². The highest BCUT2D eigenvalue weighted by atomic mass is 16.2. The fourth-order valence-electron chi connectivity index (χ4n) is 2.11. The Bertz CT molecular complexity index is 612. The second-order valence-electron chi connectivity index (χ2n) is 4.71. The van der Waals surface area contributed by atoms with E-state index in [2.05, 4.69) is 15.1 Å². The maximum absolute atomic E-state index is 12.3. The highest BCUT2D eigenvalue weighted by Crippen LogP contribution is 2.13. The molecule has 0 spiro atoms. The highest BCUT2D eigenvalue weighted by Gasteiger charge is 2.15. The van der Waals surface area contributed by atoms with Crippen LogP contribution in [0.3, 0.4) is 0 Å². The number of aliphatic hydroxyl groups excluding tert-OH is 1. The topological polar surface area (TPSA) is 83.3 Å². The molecule has 0 aliphatic heterocycles. The van der Waals surface area contributed by atoms with Crippen LogP contribution in [-0.4, -0.2) is 31.3 Å². The summed E-state index contributed by atoms with van der Waals surface area (Å²) in [4.78, 5) is 19.6. The van der Waals surface area contributed by atoms with Gasteiger partial charge in [-0.05, 0) is 19.3 Å². The standard InChI is InChI=1S/C12H18N4O2/c1-7(2)10-8(3)13-12-14-9(5-4-6-17)15-16(12)11(10)18/h7,17H,4-6H2,1-3H3,(H,13,14,15). The van der Waals surface area contributed by atoms with E-state index in [9.17, 15) is 4.79 Å². The molecule has 6 heteroatoms. The quantitative estimate of drug-likeness (QED) is 0.839. The average Bonchev–Trinajstić information content (AvgIpc) is 2.69. The van der Waals surface area contributed by atoms with E-state index in [-0.39, 0.29) is 18.1 Å². The van der Waals surface area contributed by atoms with Gasteiger partial charge in [0.1, 0.15) is 0 Å². The molecule has 0 saturated carbocycles. The minimum atomic E-state index is -0.112. The molecule has 0 atom stereocenters. The van der Waals surface area contributed by atoms with Crippen molar-refractivity contribution < 1.29 is 5.11 Å². The number of aromatic amines is 1. The predicted molar refractivity (Wildman–Crippen MR) is 67.8 cm³/mol. The molecule has 2 N–H and O–H groups in total. The van der Waals surface area contributed by atoms with E-state index in [4.69, 9.17) is 5.11 Å². The lowest BCUT2D eigenvalue weighted by molar-refractivity contribution is 0.287. The van der Waals surface area contributed by atoms with Crippen LogP contribution in [0.1, 0.15) is 43.3 Å². The first-order chi connectivity index (χ1) is 8.54. The zero-order chi connectivity index (χ0) is 13.3. The van der Waals surface area contributed by atoms with Gasteiger partial charge in [-0.3, -0.25) is 4.79 Å². The summed E-state index contributed by atoms with van der Waals surface area (Å²) in [6.07, 6.45) is 1.17. The first-order valence-electron chi connectivity index (χ1n) is 6.14. The van der Waals surface area contributed by atoms with Crippen LogP contribution in [0, 0.1) is 6.92 Å². The summed E-state index contributed by atoms with van der Waals surface area (Å²) in [5.41, 5.74) is 1.46.